The van der Waals surface area contributed by atoms with Crippen LogP contribution in [-0.2, 0) is 11.3 Å². The van der Waals surface area contributed by atoms with Crippen LogP contribution in [0.2, 0.25) is 0 Å². The van der Waals surface area contributed by atoms with Gasteiger partial charge in [0, 0.05) is 62.4 Å². The molecule has 4 fully saturated rings. The number of pyridine rings is 1. The van der Waals surface area contributed by atoms with Crippen molar-refractivity contribution >= 4 is 29.9 Å². The van der Waals surface area contributed by atoms with Crippen LogP contribution in [0.1, 0.15) is 57.6 Å². The van der Waals surface area contributed by atoms with Crippen LogP contribution in [-0.4, -0.2) is 60.3 Å². The van der Waals surface area contributed by atoms with E-state index in [0.717, 1.165) is 51.6 Å². The fourth-order valence-corrected chi connectivity index (χ4v) is 6.49. The van der Waals surface area contributed by atoms with Gasteiger partial charge in [0.25, 0.3) is 0 Å². The van der Waals surface area contributed by atoms with Crippen LogP contribution >= 0.6 is 24.0 Å². The number of piperidine rings is 1. The largest absolute Gasteiger partial charge is 0.377 e. The van der Waals surface area contributed by atoms with E-state index in [-0.39, 0.29) is 24.0 Å². The summed E-state index contributed by atoms with van der Waals surface area (Å²) in [5.41, 5.74) is 1.53. The van der Waals surface area contributed by atoms with E-state index in [2.05, 4.69) is 39.6 Å². The molecule has 2 N–H and O–H groups in total. The third-order valence-corrected chi connectivity index (χ3v) is 7.93. The van der Waals surface area contributed by atoms with E-state index in [4.69, 9.17) is 9.73 Å². The number of guanidine groups is 1. The molecule has 3 heterocycles. The summed E-state index contributed by atoms with van der Waals surface area (Å²) < 4.78 is 6.16. The maximum Gasteiger partial charge on any atom is 0.191 e. The van der Waals surface area contributed by atoms with Crippen molar-refractivity contribution in [2.75, 3.05) is 26.2 Å². The zero-order chi connectivity index (χ0) is 20.4. The van der Waals surface area contributed by atoms with Crippen LogP contribution in [0.15, 0.2) is 29.4 Å². The Balaban J connectivity index is 0.00000231. The summed E-state index contributed by atoms with van der Waals surface area (Å²) >= 11 is 0. The second-order valence-corrected chi connectivity index (χ2v) is 9.64. The van der Waals surface area contributed by atoms with Crippen molar-refractivity contribution in [3.05, 3.63) is 30.1 Å². The van der Waals surface area contributed by atoms with Crippen molar-refractivity contribution in [1.82, 2.24) is 20.5 Å². The topological polar surface area (TPSA) is 61.8 Å². The van der Waals surface area contributed by atoms with Gasteiger partial charge in [0.2, 0.25) is 0 Å². The number of hydrogen-bond acceptors (Lipinski definition) is 4. The fraction of sp³-hybridized carbons (Fsp3) is 0.750. The van der Waals surface area contributed by atoms with Gasteiger partial charge in [0.15, 0.2) is 5.96 Å². The average molecular weight is 540 g/mol. The molecule has 7 heteroatoms. The van der Waals surface area contributed by atoms with Gasteiger partial charge in [-0.15, -0.1) is 24.0 Å². The molecule has 4 aliphatic rings. The third kappa shape index (κ3) is 4.74. The molecule has 2 aliphatic heterocycles. The second-order valence-electron chi connectivity index (χ2n) is 9.64. The molecule has 1 spiro atoms. The standard InChI is InChI=1S/C24H37N5O.HI/c1-2-25-23(28-21-20-10-16-30-22(20)24(21)11-4-5-12-24)27-18-8-14-29(15-9-18)17-19-7-3-6-13-26-19;/h3,6-7,13,18,20-22H,2,4-5,8-12,14-17H2,1H3,(H2,25,27,28);1H. The number of halogens is 1. The molecule has 3 unspecified atom stereocenters. The Morgan fingerprint density at radius 1 is 1.19 bits per heavy atom. The lowest BCUT2D eigenvalue weighted by Gasteiger charge is -2.57. The Kier molecular flexibility index (Phi) is 7.75. The highest BCUT2D eigenvalue weighted by Gasteiger charge is 2.65. The van der Waals surface area contributed by atoms with Gasteiger partial charge in [-0.1, -0.05) is 18.9 Å². The Morgan fingerprint density at radius 3 is 2.71 bits per heavy atom. The number of rotatable bonds is 5. The van der Waals surface area contributed by atoms with Gasteiger partial charge in [-0.3, -0.25) is 14.9 Å². The number of aromatic nitrogens is 1. The Morgan fingerprint density at radius 2 is 2.00 bits per heavy atom. The summed E-state index contributed by atoms with van der Waals surface area (Å²) in [5, 5.41) is 7.67. The normalized spacial score (nSPS) is 30.5. The molecule has 2 saturated heterocycles. The number of ether oxygens (including phenoxy) is 1. The van der Waals surface area contributed by atoms with E-state index in [1.54, 1.807) is 0 Å². The molecule has 2 aliphatic carbocycles. The molecule has 1 aromatic heterocycles. The van der Waals surface area contributed by atoms with Gasteiger partial charge in [0.05, 0.1) is 11.8 Å². The van der Waals surface area contributed by atoms with Crippen LogP contribution in [0, 0.1) is 11.3 Å². The summed E-state index contributed by atoms with van der Waals surface area (Å²) in [6, 6.07) is 7.22. The van der Waals surface area contributed by atoms with Crippen molar-refractivity contribution in [3.8, 4) is 0 Å². The predicted octanol–water partition coefficient (Wildman–Crippen LogP) is 3.57. The molecule has 5 rings (SSSR count). The molecule has 0 amide bonds. The lowest BCUT2D eigenvalue weighted by molar-refractivity contribution is -0.125. The third-order valence-electron chi connectivity index (χ3n) is 7.93. The van der Waals surface area contributed by atoms with Crippen LogP contribution < -0.4 is 10.6 Å². The van der Waals surface area contributed by atoms with Gasteiger partial charge >= 0.3 is 0 Å². The summed E-state index contributed by atoms with van der Waals surface area (Å²) in [6.45, 7) is 7.07. The lowest BCUT2D eigenvalue weighted by atomic mass is 9.54. The highest BCUT2D eigenvalue weighted by Crippen LogP contribution is 2.60. The number of aliphatic imine (C=N–C) groups is 1. The quantitative estimate of drug-likeness (QED) is 0.341. The van der Waals surface area contributed by atoms with Crippen LogP contribution in [0.4, 0.5) is 0 Å². The van der Waals surface area contributed by atoms with Crippen molar-refractivity contribution in [3.63, 3.8) is 0 Å². The number of fused-ring (bicyclic) bond motifs is 2. The first-order valence-electron chi connectivity index (χ1n) is 12.1. The van der Waals surface area contributed by atoms with Crippen molar-refractivity contribution in [2.24, 2.45) is 16.3 Å². The zero-order valence-electron chi connectivity index (χ0n) is 18.8. The number of likely N-dealkylation sites (tertiary alicyclic amines) is 1. The predicted molar refractivity (Wildman–Crippen MR) is 135 cm³/mol. The molecule has 2 saturated carbocycles. The summed E-state index contributed by atoms with van der Waals surface area (Å²) in [4.78, 5) is 11.8. The summed E-state index contributed by atoms with van der Waals surface area (Å²) in [7, 11) is 0. The first kappa shape index (κ1) is 23.2. The molecular formula is C24H38IN5O. The zero-order valence-corrected chi connectivity index (χ0v) is 21.1. The minimum atomic E-state index is 0. The van der Waals surface area contributed by atoms with E-state index in [1.165, 1.54) is 37.8 Å². The van der Waals surface area contributed by atoms with E-state index in [0.29, 0.717) is 29.5 Å². The number of nitrogens with one attached hydrogen (secondary N) is 2. The van der Waals surface area contributed by atoms with Gasteiger partial charge in [0.1, 0.15) is 0 Å². The second kappa shape index (κ2) is 10.3. The van der Waals surface area contributed by atoms with Crippen LogP contribution in [0.25, 0.3) is 0 Å². The van der Waals surface area contributed by atoms with Crippen molar-refractivity contribution in [2.45, 2.75) is 76.6 Å². The van der Waals surface area contributed by atoms with Crippen LogP contribution in [0.5, 0.6) is 0 Å². The van der Waals surface area contributed by atoms with Crippen molar-refractivity contribution in [1.29, 1.82) is 0 Å². The first-order chi connectivity index (χ1) is 14.8. The molecular weight excluding hydrogens is 501 g/mol. The maximum absolute atomic E-state index is 6.16. The molecule has 0 bridgehead atoms. The van der Waals surface area contributed by atoms with E-state index < -0.39 is 0 Å². The van der Waals surface area contributed by atoms with Gasteiger partial charge in [-0.2, -0.15) is 0 Å². The SMILES string of the molecule is CCN=C(NC1CCN(Cc2ccccn2)CC1)NC1C2CCOC2C12CCCC2.I. The molecule has 31 heavy (non-hydrogen) atoms. The number of nitrogens with zero attached hydrogens (tertiary/aromatic N) is 3. The molecule has 3 atom stereocenters. The van der Waals surface area contributed by atoms with Gasteiger partial charge in [-0.05, 0) is 51.2 Å². The molecule has 0 aromatic carbocycles. The fourth-order valence-electron chi connectivity index (χ4n) is 6.49. The van der Waals surface area contributed by atoms with Gasteiger partial charge < -0.3 is 15.4 Å². The molecule has 1 aromatic rings. The molecule has 6 nitrogen and oxygen atoms in total. The molecule has 172 valence electrons. The average Bonchev–Trinajstić information content (AvgIpc) is 3.43. The van der Waals surface area contributed by atoms with Gasteiger partial charge in [-0.25, -0.2) is 0 Å². The first-order valence-corrected chi connectivity index (χ1v) is 12.1. The highest BCUT2D eigenvalue weighted by molar-refractivity contribution is 14.0. The van der Waals surface area contributed by atoms with E-state index >= 15 is 0 Å². The monoisotopic (exact) mass is 539 g/mol. The van der Waals surface area contributed by atoms with E-state index in [9.17, 15) is 0 Å². The lowest BCUT2D eigenvalue weighted by Crippen LogP contribution is -2.69. The van der Waals surface area contributed by atoms with Crippen molar-refractivity contribution < 1.29 is 4.74 Å². The van der Waals surface area contributed by atoms with Crippen LogP contribution in [0.3, 0.4) is 0 Å². The highest BCUT2D eigenvalue weighted by atomic mass is 127. The maximum atomic E-state index is 6.16. The minimum Gasteiger partial charge on any atom is -0.377 e. The minimum absolute atomic E-state index is 0. The summed E-state index contributed by atoms with van der Waals surface area (Å²) in [6.07, 6.45) is 11.2. The Hall–Kier alpha value is -0.930. The smallest absolute Gasteiger partial charge is 0.191 e. The molecule has 0 radical (unpaired) electrons. The number of hydrogen-bond donors (Lipinski definition) is 2. The van der Waals surface area contributed by atoms with E-state index in [1.807, 2.05) is 12.3 Å². The Bertz CT molecular complexity index is 731. The summed E-state index contributed by atoms with van der Waals surface area (Å²) in [5.74, 6) is 1.70. The Labute approximate surface area is 204 Å².